The van der Waals surface area contributed by atoms with Crippen molar-refractivity contribution >= 4 is 17.3 Å². The van der Waals surface area contributed by atoms with Crippen molar-refractivity contribution in [3.8, 4) is 0 Å². The summed E-state index contributed by atoms with van der Waals surface area (Å²) in [6.45, 7) is 0.679. The Bertz CT molecular complexity index is 491. The summed E-state index contributed by atoms with van der Waals surface area (Å²) in [6, 6.07) is 4.04. The van der Waals surface area contributed by atoms with Crippen molar-refractivity contribution in [2.75, 3.05) is 25.9 Å². The molecular formula is C13H19N3O4. The minimum absolute atomic E-state index is 0.0390. The van der Waals surface area contributed by atoms with Gasteiger partial charge in [-0.3, -0.25) is 14.9 Å². The molecule has 0 spiro atoms. The minimum Gasteiger partial charge on any atom is -0.396 e. The van der Waals surface area contributed by atoms with Gasteiger partial charge in [0.25, 0.3) is 11.6 Å². The maximum absolute atomic E-state index is 12.1. The Balaban J connectivity index is 2.71. The Hall–Kier alpha value is -2.15. The molecule has 0 bridgehead atoms. The van der Waals surface area contributed by atoms with Crippen LogP contribution in [-0.2, 0) is 0 Å². The summed E-state index contributed by atoms with van der Waals surface area (Å²) >= 11 is 0. The highest BCUT2D eigenvalue weighted by molar-refractivity contribution is 5.95. The third kappa shape index (κ3) is 4.20. The van der Waals surface area contributed by atoms with Crippen molar-refractivity contribution < 1.29 is 14.8 Å². The number of benzene rings is 1. The molecule has 0 aliphatic heterocycles. The first-order chi connectivity index (χ1) is 9.47. The Morgan fingerprint density at radius 2 is 2.10 bits per heavy atom. The van der Waals surface area contributed by atoms with Crippen molar-refractivity contribution in [3.63, 3.8) is 0 Å². The summed E-state index contributed by atoms with van der Waals surface area (Å²) in [5.41, 5.74) is 5.52. The zero-order chi connectivity index (χ0) is 15.1. The van der Waals surface area contributed by atoms with Crippen LogP contribution in [0.3, 0.4) is 0 Å². The van der Waals surface area contributed by atoms with Gasteiger partial charge in [-0.2, -0.15) is 0 Å². The molecule has 1 aromatic carbocycles. The number of carbonyl (C=O) groups is 1. The monoisotopic (exact) mass is 281 g/mol. The molecule has 0 aliphatic rings. The van der Waals surface area contributed by atoms with Gasteiger partial charge in [-0.15, -0.1) is 0 Å². The fourth-order valence-electron chi connectivity index (χ4n) is 1.79. The molecule has 1 rings (SSSR count). The van der Waals surface area contributed by atoms with E-state index >= 15 is 0 Å². The summed E-state index contributed by atoms with van der Waals surface area (Å²) in [4.78, 5) is 23.8. The number of unbranched alkanes of at least 4 members (excludes halogenated alkanes) is 2. The lowest BCUT2D eigenvalue weighted by Gasteiger charge is -2.17. The number of aliphatic hydroxyl groups excluding tert-OH is 1. The molecule has 0 atom stereocenters. The van der Waals surface area contributed by atoms with E-state index in [1.807, 2.05) is 0 Å². The highest BCUT2D eigenvalue weighted by atomic mass is 16.6. The average molecular weight is 281 g/mol. The van der Waals surface area contributed by atoms with Crippen molar-refractivity contribution in [2.24, 2.45) is 0 Å². The molecule has 0 aromatic heterocycles. The molecule has 7 heteroatoms. The first kappa shape index (κ1) is 15.9. The maximum Gasteiger partial charge on any atom is 0.292 e. The van der Waals surface area contributed by atoms with Gasteiger partial charge in [0, 0.05) is 31.8 Å². The van der Waals surface area contributed by atoms with Gasteiger partial charge in [-0.25, -0.2) is 0 Å². The van der Waals surface area contributed by atoms with Gasteiger partial charge >= 0.3 is 0 Å². The highest BCUT2D eigenvalue weighted by Gasteiger charge is 2.17. The number of nitro benzene ring substituents is 1. The Morgan fingerprint density at radius 3 is 2.70 bits per heavy atom. The van der Waals surface area contributed by atoms with Crippen LogP contribution < -0.4 is 5.73 Å². The summed E-state index contributed by atoms with van der Waals surface area (Å²) in [6.07, 6.45) is 2.31. The number of anilines is 1. The SMILES string of the molecule is CN(CCCCCO)C(=O)c1ccc(N)c([N+](=O)[O-])c1. The number of aliphatic hydroxyl groups is 1. The maximum atomic E-state index is 12.1. The van der Waals surface area contributed by atoms with Gasteiger partial charge in [0.2, 0.25) is 0 Å². The van der Waals surface area contributed by atoms with E-state index in [0.717, 1.165) is 12.8 Å². The van der Waals surface area contributed by atoms with Gasteiger partial charge in [0.1, 0.15) is 5.69 Å². The van der Waals surface area contributed by atoms with Crippen molar-refractivity contribution in [2.45, 2.75) is 19.3 Å². The third-order valence-corrected chi connectivity index (χ3v) is 2.97. The van der Waals surface area contributed by atoms with Crippen LogP contribution in [0.1, 0.15) is 29.6 Å². The predicted octanol–water partition coefficient (Wildman–Crippen LogP) is 1.41. The second-order valence-electron chi connectivity index (χ2n) is 4.54. The molecular weight excluding hydrogens is 262 g/mol. The van der Waals surface area contributed by atoms with Crippen LogP contribution in [-0.4, -0.2) is 41.0 Å². The number of hydrogen-bond acceptors (Lipinski definition) is 5. The fourth-order valence-corrected chi connectivity index (χ4v) is 1.79. The molecule has 1 aromatic rings. The molecule has 0 aliphatic carbocycles. The molecule has 1 amide bonds. The van der Waals surface area contributed by atoms with Crippen molar-refractivity contribution in [1.29, 1.82) is 0 Å². The third-order valence-electron chi connectivity index (χ3n) is 2.97. The number of nitro groups is 1. The molecule has 110 valence electrons. The minimum atomic E-state index is -0.604. The van der Waals surface area contributed by atoms with E-state index in [-0.39, 0.29) is 29.5 Å². The number of nitrogen functional groups attached to an aromatic ring is 1. The lowest BCUT2D eigenvalue weighted by molar-refractivity contribution is -0.383. The van der Waals surface area contributed by atoms with E-state index in [2.05, 4.69) is 0 Å². The second kappa shape index (κ2) is 7.44. The summed E-state index contributed by atoms with van der Waals surface area (Å²) < 4.78 is 0. The van der Waals surface area contributed by atoms with Gasteiger partial charge in [-0.05, 0) is 31.4 Å². The predicted molar refractivity (Wildman–Crippen MR) is 75.4 cm³/mol. The van der Waals surface area contributed by atoms with E-state index in [1.165, 1.54) is 23.1 Å². The molecule has 20 heavy (non-hydrogen) atoms. The van der Waals surface area contributed by atoms with E-state index in [0.29, 0.717) is 13.0 Å². The topological polar surface area (TPSA) is 110 Å². The van der Waals surface area contributed by atoms with E-state index in [4.69, 9.17) is 10.8 Å². The summed E-state index contributed by atoms with van der Waals surface area (Å²) in [7, 11) is 1.64. The highest BCUT2D eigenvalue weighted by Crippen LogP contribution is 2.22. The van der Waals surface area contributed by atoms with Gasteiger partial charge < -0.3 is 15.7 Å². The lowest BCUT2D eigenvalue weighted by atomic mass is 10.1. The molecule has 7 nitrogen and oxygen atoms in total. The summed E-state index contributed by atoms with van der Waals surface area (Å²) in [5, 5.41) is 19.5. The lowest BCUT2D eigenvalue weighted by Crippen LogP contribution is -2.27. The smallest absolute Gasteiger partial charge is 0.292 e. The number of nitrogens with zero attached hydrogens (tertiary/aromatic N) is 2. The number of carbonyl (C=O) groups excluding carboxylic acids is 1. The summed E-state index contributed by atoms with van der Waals surface area (Å²) in [5.74, 6) is -0.280. The number of hydrogen-bond donors (Lipinski definition) is 2. The molecule has 3 N–H and O–H groups in total. The van der Waals surface area contributed by atoms with Crippen LogP contribution in [0.4, 0.5) is 11.4 Å². The van der Waals surface area contributed by atoms with E-state index in [1.54, 1.807) is 7.05 Å². The van der Waals surface area contributed by atoms with Crippen LogP contribution in [0.5, 0.6) is 0 Å². The first-order valence-electron chi connectivity index (χ1n) is 6.37. The van der Waals surface area contributed by atoms with Gasteiger partial charge in [0.15, 0.2) is 0 Å². The van der Waals surface area contributed by atoms with Crippen LogP contribution in [0.15, 0.2) is 18.2 Å². The van der Waals surface area contributed by atoms with Crippen LogP contribution in [0, 0.1) is 10.1 Å². The number of rotatable bonds is 7. The number of amides is 1. The molecule has 0 fully saturated rings. The number of nitrogens with two attached hydrogens (primary N) is 1. The molecule has 0 saturated heterocycles. The van der Waals surface area contributed by atoms with Crippen molar-refractivity contribution in [3.05, 3.63) is 33.9 Å². The Morgan fingerprint density at radius 1 is 1.40 bits per heavy atom. The first-order valence-corrected chi connectivity index (χ1v) is 6.37. The van der Waals surface area contributed by atoms with Crippen molar-refractivity contribution in [1.82, 2.24) is 4.90 Å². The average Bonchev–Trinajstić information content (AvgIpc) is 2.42. The quantitative estimate of drug-likeness (QED) is 0.340. The standard InChI is InChI=1S/C13H19N3O4/c1-15(7-3-2-4-8-17)13(18)10-5-6-11(14)12(9-10)16(19)20/h5-6,9,17H,2-4,7-8,14H2,1H3. The van der Waals surface area contributed by atoms with E-state index < -0.39 is 4.92 Å². The van der Waals surface area contributed by atoms with Crippen LogP contribution in [0.25, 0.3) is 0 Å². The fraction of sp³-hybridized carbons (Fsp3) is 0.462. The zero-order valence-corrected chi connectivity index (χ0v) is 11.4. The van der Waals surface area contributed by atoms with Gasteiger partial charge in [-0.1, -0.05) is 0 Å². The molecule has 0 radical (unpaired) electrons. The van der Waals surface area contributed by atoms with E-state index in [9.17, 15) is 14.9 Å². The molecule has 0 unspecified atom stereocenters. The second-order valence-corrected chi connectivity index (χ2v) is 4.54. The normalized spacial score (nSPS) is 10.3. The zero-order valence-electron chi connectivity index (χ0n) is 11.4. The van der Waals surface area contributed by atoms with Crippen LogP contribution >= 0.6 is 0 Å². The Kier molecular flexibility index (Phi) is 5.92. The largest absolute Gasteiger partial charge is 0.396 e. The van der Waals surface area contributed by atoms with Gasteiger partial charge in [0.05, 0.1) is 4.92 Å². The van der Waals surface area contributed by atoms with Crippen LogP contribution in [0.2, 0.25) is 0 Å². The Labute approximate surface area is 117 Å². The molecule has 0 saturated carbocycles. The molecule has 0 heterocycles.